The maximum Gasteiger partial charge on any atom is 0.119 e. The molecule has 1 saturated heterocycles. The first kappa shape index (κ1) is 12.7. The molecule has 0 saturated carbocycles. The molecule has 94 valence electrons. The Hall–Kier alpha value is -0.770. The molecule has 1 N–H and O–H groups in total. The molecular formula is C13H18ClNO2. The molecule has 1 fully saturated rings. The molecule has 0 radical (unpaired) electrons. The van der Waals surface area contributed by atoms with Crippen molar-refractivity contribution in [3.05, 3.63) is 29.3 Å². The van der Waals surface area contributed by atoms with Crippen molar-refractivity contribution >= 4 is 11.6 Å². The van der Waals surface area contributed by atoms with Gasteiger partial charge in [0.05, 0.1) is 6.10 Å². The Kier molecular flexibility index (Phi) is 4.66. The lowest BCUT2D eigenvalue weighted by atomic mass is 10.1. The molecule has 2 rings (SSSR count). The van der Waals surface area contributed by atoms with E-state index in [0.29, 0.717) is 6.61 Å². The van der Waals surface area contributed by atoms with Crippen LogP contribution in [0.1, 0.15) is 12.8 Å². The molecule has 1 aromatic rings. The number of piperidine rings is 1. The number of aliphatic hydroxyl groups excluding tert-OH is 1. The molecule has 4 heteroatoms. The van der Waals surface area contributed by atoms with Crippen molar-refractivity contribution in [3.63, 3.8) is 0 Å². The van der Waals surface area contributed by atoms with Gasteiger partial charge in [0, 0.05) is 18.1 Å². The summed E-state index contributed by atoms with van der Waals surface area (Å²) in [5, 5.41) is 10.2. The highest BCUT2D eigenvalue weighted by Crippen LogP contribution is 2.15. The maximum atomic E-state index is 9.53. The Morgan fingerprint density at radius 2 is 2.12 bits per heavy atom. The highest BCUT2D eigenvalue weighted by atomic mass is 35.5. The van der Waals surface area contributed by atoms with Crippen LogP contribution in [-0.4, -0.2) is 42.4 Å². The van der Waals surface area contributed by atoms with E-state index in [1.54, 1.807) is 0 Å². The second kappa shape index (κ2) is 6.24. The first-order chi connectivity index (χ1) is 8.24. The van der Waals surface area contributed by atoms with Gasteiger partial charge in [-0.3, -0.25) is 4.90 Å². The molecule has 0 aromatic heterocycles. The zero-order chi connectivity index (χ0) is 12.1. The smallest absolute Gasteiger partial charge is 0.119 e. The van der Waals surface area contributed by atoms with Crippen LogP contribution >= 0.6 is 11.6 Å². The molecule has 1 heterocycles. The number of halogens is 1. The lowest BCUT2D eigenvalue weighted by Gasteiger charge is -2.29. The third-order valence-corrected chi connectivity index (χ3v) is 3.22. The molecule has 1 atom stereocenters. The second-order valence-corrected chi connectivity index (χ2v) is 4.84. The summed E-state index contributed by atoms with van der Waals surface area (Å²) < 4.78 is 5.62. The fourth-order valence-electron chi connectivity index (χ4n) is 2.06. The van der Waals surface area contributed by atoms with E-state index in [0.717, 1.165) is 43.2 Å². The van der Waals surface area contributed by atoms with Gasteiger partial charge in [0.1, 0.15) is 12.4 Å². The summed E-state index contributed by atoms with van der Waals surface area (Å²) in [7, 11) is 0. The number of rotatable bonds is 4. The molecule has 0 bridgehead atoms. The molecule has 0 spiro atoms. The Morgan fingerprint density at radius 1 is 1.35 bits per heavy atom. The molecule has 0 aliphatic carbocycles. The van der Waals surface area contributed by atoms with Crippen molar-refractivity contribution in [2.75, 3.05) is 26.2 Å². The van der Waals surface area contributed by atoms with Gasteiger partial charge in [-0.05, 0) is 43.7 Å². The number of hydrogen-bond donors (Lipinski definition) is 1. The van der Waals surface area contributed by atoms with Gasteiger partial charge in [0.25, 0.3) is 0 Å². The Bertz CT molecular complexity index is 342. The van der Waals surface area contributed by atoms with Crippen LogP contribution < -0.4 is 4.74 Å². The first-order valence-electron chi connectivity index (χ1n) is 6.03. The number of likely N-dealkylation sites (tertiary alicyclic amines) is 1. The van der Waals surface area contributed by atoms with Gasteiger partial charge < -0.3 is 9.84 Å². The lowest BCUT2D eigenvalue weighted by molar-refractivity contribution is 0.0633. The Morgan fingerprint density at radius 3 is 2.82 bits per heavy atom. The lowest BCUT2D eigenvalue weighted by Crippen LogP contribution is -2.40. The van der Waals surface area contributed by atoms with Gasteiger partial charge in [-0.25, -0.2) is 0 Å². The molecule has 3 nitrogen and oxygen atoms in total. The van der Waals surface area contributed by atoms with Crippen molar-refractivity contribution in [2.24, 2.45) is 0 Å². The number of β-amino-alcohol motifs (C(OH)–C–C–N with tert-alkyl or cyclic N) is 1. The molecule has 17 heavy (non-hydrogen) atoms. The largest absolute Gasteiger partial charge is 0.492 e. The fourth-order valence-corrected chi connectivity index (χ4v) is 2.18. The van der Waals surface area contributed by atoms with Gasteiger partial charge in [-0.1, -0.05) is 11.6 Å². The average molecular weight is 256 g/mol. The normalized spacial score (nSPS) is 21.4. The van der Waals surface area contributed by atoms with Crippen LogP contribution in [0, 0.1) is 0 Å². The number of ether oxygens (including phenoxy) is 1. The van der Waals surface area contributed by atoms with Crippen LogP contribution in [0.25, 0.3) is 0 Å². The topological polar surface area (TPSA) is 32.7 Å². The quantitative estimate of drug-likeness (QED) is 0.895. The Labute approximate surface area is 107 Å². The van der Waals surface area contributed by atoms with Gasteiger partial charge >= 0.3 is 0 Å². The number of benzene rings is 1. The van der Waals surface area contributed by atoms with Crippen LogP contribution in [0.3, 0.4) is 0 Å². The van der Waals surface area contributed by atoms with Gasteiger partial charge in [-0.2, -0.15) is 0 Å². The van der Waals surface area contributed by atoms with Gasteiger partial charge in [-0.15, -0.1) is 0 Å². The monoisotopic (exact) mass is 255 g/mol. The van der Waals surface area contributed by atoms with Crippen LogP contribution in [-0.2, 0) is 0 Å². The zero-order valence-electron chi connectivity index (χ0n) is 9.81. The highest BCUT2D eigenvalue weighted by Gasteiger charge is 2.16. The number of nitrogens with zero attached hydrogens (tertiary/aromatic N) is 1. The Balaban J connectivity index is 1.70. The van der Waals surface area contributed by atoms with E-state index >= 15 is 0 Å². The summed E-state index contributed by atoms with van der Waals surface area (Å²) in [5.41, 5.74) is 0. The molecule has 1 aliphatic rings. The predicted octanol–water partition coefficient (Wildman–Crippen LogP) is 2.18. The van der Waals surface area contributed by atoms with E-state index in [1.165, 1.54) is 0 Å². The SMILES string of the molecule is O[C@H]1CCCN(CCOc2ccc(Cl)cc2)C1. The first-order valence-corrected chi connectivity index (χ1v) is 6.40. The van der Waals surface area contributed by atoms with Gasteiger partial charge in [0.2, 0.25) is 0 Å². The third-order valence-electron chi connectivity index (χ3n) is 2.97. The molecule has 1 aliphatic heterocycles. The molecule has 0 unspecified atom stereocenters. The van der Waals surface area contributed by atoms with Crippen LogP contribution in [0.5, 0.6) is 5.75 Å². The highest BCUT2D eigenvalue weighted by molar-refractivity contribution is 6.30. The predicted molar refractivity (Wildman–Crippen MR) is 68.6 cm³/mol. The van der Waals surface area contributed by atoms with E-state index in [4.69, 9.17) is 16.3 Å². The minimum atomic E-state index is -0.167. The van der Waals surface area contributed by atoms with Crippen LogP contribution in [0.15, 0.2) is 24.3 Å². The van der Waals surface area contributed by atoms with Crippen molar-refractivity contribution < 1.29 is 9.84 Å². The number of aliphatic hydroxyl groups is 1. The zero-order valence-corrected chi connectivity index (χ0v) is 10.6. The summed E-state index contributed by atoms with van der Waals surface area (Å²) in [4.78, 5) is 2.24. The van der Waals surface area contributed by atoms with E-state index in [9.17, 15) is 5.11 Å². The van der Waals surface area contributed by atoms with E-state index in [-0.39, 0.29) is 6.10 Å². The standard InChI is InChI=1S/C13H18ClNO2/c14-11-3-5-13(6-4-11)17-9-8-15-7-1-2-12(16)10-15/h3-6,12,16H,1-2,7-10H2/t12-/m0/s1. The fraction of sp³-hybridized carbons (Fsp3) is 0.538. The van der Waals surface area contributed by atoms with Gasteiger partial charge in [0.15, 0.2) is 0 Å². The van der Waals surface area contributed by atoms with Crippen molar-refractivity contribution in [1.29, 1.82) is 0 Å². The summed E-state index contributed by atoms with van der Waals surface area (Å²) in [6.45, 7) is 3.33. The molecule has 0 amide bonds. The minimum absolute atomic E-state index is 0.167. The maximum absolute atomic E-state index is 9.53. The molecule has 1 aromatic carbocycles. The van der Waals surface area contributed by atoms with Crippen LogP contribution in [0.4, 0.5) is 0 Å². The van der Waals surface area contributed by atoms with E-state index in [2.05, 4.69) is 4.90 Å². The summed E-state index contributed by atoms with van der Waals surface area (Å²) in [5.74, 6) is 0.840. The van der Waals surface area contributed by atoms with Crippen molar-refractivity contribution in [2.45, 2.75) is 18.9 Å². The van der Waals surface area contributed by atoms with Crippen LogP contribution in [0.2, 0.25) is 5.02 Å². The molecular weight excluding hydrogens is 238 g/mol. The minimum Gasteiger partial charge on any atom is -0.492 e. The third kappa shape index (κ3) is 4.19. The average Bonchev–Trinajstić information content (AvgIpc) is 2.32. The van der Waals surface area contributed by atoms with Crippen molar-refractivity contribution in [3.8, 4) is 5.75 Å². The van der Waals surface area contributed by atoms with E-state index < -0.39 is 0 Å². The second-order valence-electron chi connectivity index (χ2n) is 4.40. The number of hydrogen-bond acceptors (Lipinski definition) is 3. The summed E-state index contributed by atoms with van der Waals surface area (Å²) >= 11 is 5.79. The van der Waals surface area contributed by atoms with Crippen molar-refractivity contribution in [1.82, 2.24) is 4.90 Å². The van der Waals surface area contributed by atoms with E-state index in [1.807, 2.05) is 24.3 Å². The summed E-state index contributed by atoms with van der Waals surface area (Å²) in [6.07, 6.45) is 1.83. The summed E-state index contributed by atoms with van der Waals surface area (Å²) in [6, 6.07) is 7.38.